The molecule has 82 valence electrons. The van der Waals surface area contributed by atoms with Crippen molar-refractivity contribution >= 4 is 11.9 Å². The number of halogens is 3. The molecule has 0 aliphatic rings. The maximum absolute atomic E-state index is 11.6. The molecule has 7 heteroatoms. The van der Waals surface area contributed by atoms with Crippen molar-refractivity contribution in [2.45, 2.75) is 26.1 Å². The predicted molar refractivity (Wildman–Crippen MR) is 40.3 cm³/mol. The number of carbonyl (C=O) groups is 2. The first-order valence-electron chi connectivity index (χ1n) is 3.73. The smallest absolute Gasteiger partial charge is 0.422 e. The monoisotopic (exact) mass is 213 g/mol. The lowest BCUT2D eigenvalue weighted by molar-refractivity contribution is -0.187. The first-order chi connectivity index (χ1) is 6.22. The van der Waals surface area contributed by atoms with Gasteiger partial charge in [-0.05, 0) is 6.92 Å². The SMILES string of the molecule is CC(=O)N[C@H](C)C(=O)OCC(F)(F)F. The third-order valence-electron chi connectivity index (χ3n) is 1.15. The van der Waals surface area contributed by atoms with E-state index < -0.39 is 30.7 Å². The quantitative estimate of drug-likeness (QED) is 0.699. The molecule has 0 aromatic heterocycles. The zero-order valence-electron chi connectivity index (χ0n) is 7.64. The Morgan fingerprint density at radius 2 is 1.93 bits per heavy atom. The first-order valence-corrected chi connectivity index (χ1v) is 3.73. The molecule has 0 saturated heterocycles. The van der Waals surface area contributed by atoms with Crippen molar-refractivity contribution in [3.63, 3.8) is 0 Å². The lowest BCUT2D eigenvalue weighted by Crippen LogP contribution is -2.39. The average Bonchev–Trinajstić information content (AvgIpc) is 1.97. The molecule has 0 aromatic rings. The molecule has 0 aromatic carbocycles. The van der Waals surface area contributed by atoms with Gasteiger partial charge in [-0.25, -0.2) is 4.79 Å². The molecule has 0 spiro atoms. The Labute approximate surface area is 78.4 Å². The van der Waals surface area contributed by atoms with Crippen molar-refractivity contribution < 1.29 is 27.5 Å². The highest BCUT2D eigenvalue weighted by Crippen LogP contribution is 2.14. The highest BCUT2D eigenvalue weighted by Gasteiger charge is 2.30. The second kappa shape index (κ2) is 4.83. The average molecular weight is 213 g/mol. The van der Waals surface area contributed by atoms with E-state index in [0.717, 1.165) is 6.92 Å². The molecule has 1 atom stereocenters. The van der Waals surface area contributed by atoms with E-state index in [1.54, 1.807) is 0 Å². The highest BCUT2D eigenvalue weighted by molar-refractivity contribution is 5.82. The minimum Gasteiger partial charge on any atom is -0.455 e. The van der Waals surface area contributed by atoms with Crippen molar-refractivity contribution in [1.82, 2.24) is 5.32 Å². The van der Waals surface area contributed by atoms with Crippen LogP contribution in [0.25, 0.3) is 0 Å². The van der Waals surface area contributed by atoms with Crippen LogP contribution in [0.2, 0.25) is 0 Å². The minimum atomic E-state index is -4.55. The predicted octanol–water partition coefficient (Wildman–Crippen LogP) is 0.616. The van der Waals surface area contributed by atoms with Gasteiger partial charge in [-0.3, -0.25) is 4.79 Å². The molecule has 0 aliphatic heterocycles. The fourth-order valence-electron chi connectivity index (χ4n) is 0.642. The zero-order valence-corrected chi connectivity index (χ0v) is 7.64. The van der Waals surface area contributed by atoms with E-state index in [1.165, 1.54) is 6.92 Å². The third-order valence-corrected chi connectivity index (χ3v) is 1.15. The second-order valence-corrected chi connectivity index (χ2v) is 2.65. The maximum Gasteiger partial charge on any atom is 0.422 e. The molecule has 1 N–H and O–H groups in total. The number of carbonyl (C=O) groups excluding carboxylic acids is 2. The van der Waals surface area contributed by atoms with Gasteiger partial charge in [0.25, 0.3) is 0 Å². The first kappa shape index (κ1) is 12.7. The third kappa shape index (κ3) is 6.27. The second-order valence-electron chi connectivity index (χ2n) is 2.65. The van der Waals surface area contributed by atoms with Crippen molar-refractivity contribution in [3.8, 4) is 0 Å². The number of rotatable bonds is 3. The standard InChI is InChI=1S/C7H10F3NO3/c1-4(11-5(2)12)6(13)14-3-7(8,9)10/h4H,3H2,1-2H3,(H,11,12)/t4-/m1/s1. The van der Waals surface area contributed by atoms with Gasteiger partial charge in [-0.15, -0.1) is 0 Å². The summed E-state index contributed by atoms with van der Waals surface area (Å²) in [6.07, 6.45) is -4.55. The molecule has 0 rings (SSSR count). The van der Waals surface area contributed by atoms with Crippen LogP contribution in [0.4, 0.5) is 13.2 Å². The van der Waals surface area contributed by atoms with E-state index in [1.807, 2.05) is 0 Å². The van der Waals surface area contributed by atoms with Gasteiger partial charge in [0.2, 0.25) is 5.91 Å². The van der Waals surface area contributed by atoms with Crippen LogP contribution in [0, 0.1) is 0 Å². The van der Waals surface area contributed by atoms with Gasteiger partial charge in [-0.2, -0.15) is 13.2 Å². The summed E-state index contributed by atoms with van der Waals surface area (Å²) in [5.74, 6) is -1.63. The lowest BCUT2D eigenvalue weighted by Gasteiger charge is -2.12. The Hall–Kier alpha value is -1.27. The summed E-state index contributed by atoms with van der Waals surface area (Å²) in [4.78, 5) is 21.2. The molecule has 0 unspecified atom stereocenters. The Morgan fingerprint density at radius 1 is 1.43 bits per heavy atom. The van der Waals surface area contributed by atoms with Gasteiger partial charge >= 0.3 is 12.1 Å². The number of hydrogen-bond donors (Lipinski definition) is 1. The summed E-state index contributed by atoms with van der Waals surface area (Å²) in [6.45, 7) is 0.739. The van der Waals surface area contributed by atoms with Crippen molar-refractivity contribution in [1.29, 1.82) is 0 Å². The molecule has 0 radical (unpaired) electrons. The number of nitrogens with one attached hydrogen (secondary N) is 1. The fourth-order valence-corrected chi connectivity index (χ4v) is 0.642. The van der Waals surface area contributed by atoms with Crippen LogP contribution in [-0.2, 0) is 14.3 Å². The Bertz CT molecular complexity index is 227. The molecule has 0 fully saturated rings. The molecule has 1 amide bonds. The van der Waals surface area contributed by atoms with Crippen molar-refractivity contribution in [2.75, 3.05) is 6.61 Å². The van der Waals surface area contributed by atoms with Gasteiger partial charge in [0.1, 0.15) is 6.04 Å². The molecule has 0 heterocycles. The Morgan fingerprint density at radius 3 is 2.29 bits per heavy atom. The van der Waals surface area contributed by atoms with Crippen molar-refractivity contribution in [2.24, 2.45) is 0 Å². The Kier molecular flexibility index (Phi) is 4.39. The molecule has 0 bridgehead atoms. The molecule has 4 nitrogen and oxygen atoms in total. The van der Waals surface area contributed by atoms with Gasteiger partial charge in [0.15, 0.2) is 6.61 Å². The summed E-state index contributed by atoms with van der Waals surface area (Å²) in [7, 11) is 0. The molecule has 0 aliphatic carbocycles. The fraction of sp³-hybridized carbons (Fsp3) is 0.714. The summed E-state index contributed by atoms with van der Waals surface area (Å²) in [5, 5.41) is 2.10. The van der Waals surface area contributed by atoms with Crippen LogP contribution in [0.3, 0.4) is 0 Å². The summed E-state index contributed by atoms with van der Waals surface area (Å²) in [6, 6.07) is -1.07. The van der Waals surface area contributed by atoms with Crippen LogP contribution in [-0.4, -0.2) is 30.7 Å². The van der Waals surface area contributed by atoms with E-state index >= 15 is 0 Å². The van der Waals surface area contributed by atoms with Crippen LogP contribution < -0.4 is 5.32 Å². The van der Waals surface area contributed by atoms with E-state index in [2.05, 4.69) is 10.1 Å². The number of alkyl halides is 3. The van der Waals surface area contributed by atoms with E-state index in [9.17, 15) is 22.8 Å². The van der Waals surface area contributed by atoms with Gasteiger partial charge in [0, 0.05) is 6.92 Å². The van der Waals surface area contributed by atoms with Crippen LogP contribution in [0.5, 0.6) is 0 Å². The molecular formula is C7H10F3NO3. The van der Waals surface area contributed by atoms with Crippen LogP contribution >= 0.6 is 0 Å². The van der Waals surface area contributed by atoms with Gasteiger partial charge < -0.3 is 10.1 Å². The van der Waals surface area contributed by atoms with Gasteiger partial charge in [0.05, 0.1) is 0 Å². The van der Waals surface area contributed by atoms with E-state index in [0.29, 0.717) is 0 Å². The number of hydrogen-bond acceptors (Lipinski definition) is 3. The normalized spacial score (nSPS) is 13.2. The molecule has 14 heavy (non-hydrogen) atoms. The van der Waals surface area contributed by atoms with E-state index in [-0.39, 0.29) is 0 Å². The topological polar surface area (TPSA) is 55.4 Å². The molecule has 0 saturated carbocycles. The highest BCUT2D eigenvalue weighted by atomic mass is 19.4. The van der Waals surface area contributed by atoms with E-state index in [4.69, 9.17) is 0 Å². The Balaban J connectivity index is 3.91. The maximum atomic E-state index is 11.6. The summed E-state index contributed by atoms with van der Waals surface area (Å²) in [5.41, 5.74) is 0. The van der Waals surface area contributed by atoms with Crippen molar-refractivity contribution in [3.05, 3.63) is 0 Å². The largest absolute Gasteiger partial charge is 0.455 e. The number of amides is 1. The number of ether oxygens (including phenoxy) is 1. The minimum absolute atomic E-state index is 0.513. The number of esters is 1. The summed E-state index contributed by atoms with van der Waals surface area (Å²) < 4.78 is 38.6. The molecular weight excluding hydrogens is 203 g/mol. The summed E-state index contributed by atoms with van der Waals surface area (Å²) >= 11 is 0. The van der Waals surface area contributed by atoms with Gasteiger partial charge in [-0.1, -0.05) is 0 Å². The van der Waals surface area contributed by atoms with Crippen LogP contribution in [0.1, 0.15) is 13.8 Å². The van der Waals surface area contributed by atoms with Crippen LogP contribution in [0.15, 0.2) is 0 Å². The zero-order chi connectivity index (χ0) is 11.4. The lowest BCUT2D eigenvalue weighted by atomic mass is 10.3.